The van der Waals surface area contributed by atoms with Gasteiger partial charge in [0.2, 0.25) is 5.88 Å². The van der Waals surface area contributed by atoms with E-state index in [0.717, 1.165) is 18.5 Å². The number of alkyl halides is 5. The molecule has 1 aliphatic rings. The minimum Gasteiger partial charge on any atom is -0.481 e. The van der Waals surface area contributed by atoms with Crippen LogP contribution in [0.5, 0.6) is 5.88 Å². The van der Waals surface area contributed by atoms with Crippen LogP contribution in [0.15, 0.2) is 36.7 Å². The van der Waals surface area contributed by atoms with Crippen molar-refractivity contribution in [2.75, 3.05) is 25.6 Å². The van der Waals surface area contributed by atoms with Crippen molar-refractivity contribution in [3.05, 3.63) is 53.6 Å². The summed E-state index contributed by atoms with van der Waals surface area (Å²) in [6.07, 6.45) is -2.88. The molecule has 1 fully saturated rings. The van der Waals surface area contributed by atoms with Gasteiger partial charge in [-0.05, 0) is 25.0 Å². The van der Waals surface area contributed by atoms with E-state index in [9.17, 15) is 26.7 Å². The fourth-order valence-electron chi connectivity index (χ4n) is 3.38. The lowest BCUT2D eigenvalue weighted by atomic mass is 9.97. The quantitative estimate of drug-likeness (QED) is 0.482. The molecule has 3 aromatic rings. The minimum atomic E-state index is -5.08. The molecule has 0 unspecified atom stereocenters. The lowest BCUT2D eigenvalue weighted by Gasteiger charge is -2.19. The molecule has 0 aromatic carbocycles. The predicted molar refractivity (Wildman–Crippen MR) is 115 cm³/mol. The van der Waals surface area contributed by atoms with E-state index >= 15 is 0 Å². The molecule has 36 heavy (non-hydrogen) atoms. The highest BCUT2D eigenvalue weighted by Gasteiger charge is 2.38. The van der Waals surface area contributed by atoms with Gasteiger partial charge in [-0.25, -0.2) is 23.5 Å². The zero-order valence-electron chi connectivity index (χ0n) is 18.8. The number of carboxylic acid groups (broad SMARTS) is 1. The van der Waals surface area contributed by atoms with Gasteiger partial charge in [0.25, 0.3) is 12.3 Å². The van der Waals surface area contributed by atoms with Crippen molar-refractivity contribution < 1.29 is 46.1 Å². The van der Waals surface area contributed by atoms with Crippen LogP contribution in [0.25, 0.3) is 5.65 Å². The molecule has 0 saturated carbocycles. The molecule has 1 saturated heterocycles. The standard InChI is InChI=1S/C20H20F2N4O3.C2HF3O2/c1-28-18-4-2-3-14(24-18)20(27)25-16-11-26-10-15(12-5-7-29-8-6-12)23-17(26)9-13(16)19(21)22;3-2(4,5)1(6)7/h2-4,9-12,19H,5-8H2,1H3,(H,25,27);(H,6,7). The third-order valence-electron chi connectivity index (χ3n) is 5.17. The van der Waals surface area contributed by atoms with Gasteiger partial charge in [0, 0.05) is 43.2 Å². The lowest BCUT2D eigenvalue weighted by molar-refractivity contribution is -0.192. The first kappa shape index (κ1) is 26.8. The molecular formula is C22H21F5N4O5. The number of fused-ring (bicyclic) bond motifs is 1. The first-order chi connectivity index (χ1) is 17.0. The first-order valence-electron chi connectivity index (χ1n) is 10.5. The molecule has 0 spiro atoms. The summed E-state index contributed by atoms with van der Waals surface area (Å²) in [7, 11) is 1.43. The summed E-state index contributed by atoms with van der Waals surface area (Å²) < 4.78 is 71.1. The number of carbonyl (C=O) groups is 2. The highest BCUT2D eigenvalue weighted by atomic mass is 19.4. The summed E-state index contributed by atoms with van der Waals surface area (Å²) in [4.78, 5) is 30.0. The van der Waals surface area contributed by atoms with E-state index in [1.54, 1.807) is 16.5 Å². The Morgan fingerprint density at radius 3 is 2.44 bits per heavy atom. The number of rotatable bonds is 5. The molecule has 194 valence electrons. The van der Waals surface area contributed by atoms with Gasteiger partial charge in [-0.3, -0.25) is 4.79 Å². The number of pyridine rings is 2. The largest absolute Gasteiger partial charge is 0.490 e. The number of hydrogen-bond donors (Lipinski definition) is 2. The maximum atomic E-state index is 13.6. The molecule has 3 aromatic heterocycles. The summed E-state index contributed by atoms with van der Waals surface area (Å²) in [5, 5.41) is 9.66. The van der Waals surface area contributed by atoms with Gasteiger partial charge in [0.1, 0.15) is 11.3 Å². The Kier molecular flexibility index (Phi) is 8.40. The van der Waals surface area contributed by atoms with Crippen LogP contribution in [0.4, 0.5) is 27.6 Å². The zero-order chi connectivity index (χ0) is 26.5. The van der Waals surface area contributed by atoms with Crippen LogP contribution in [-0.2, 0) is 9.53 Å². The monoisotopic (exact) mass is 516 g/mol. The molecule has 0 bridgehead atoms. The topological polar surface area (TPSA) is 115 Å². The van der Waals surface area contributed by atoms with Crippen LogP contribution in [0.2, 0.25) is 0 Å². The van der Waals surface area contributed by atoms with Gasteiger partial charge in [0.15, 0.2) is 0 Å². The van der Waals surface area contributed by atoms with Gasteiger partial charge in [-0.1, -0.05) is 6.07 Å². The Bertz CT molecular complexity index is 1230. The second kappa shape index (κ2) is 11.3. The summed E-state index contributed by atoms with van der Waals surface area (Å²) in [5.74, 6) is -2.86. The average Bonchev–Trinajstić information content (AvgIpc) is 3.27. The minimum absolute atomic E-state index is 0.0121. The number of ether oxygens (including phenoxy) is 2. The van der Waals surface area contributed by atoms with Crippen LogP contribution in [0, 0.1) is 0 Å². The number of imidazole rings is 1. The van der Waals surface area contributed by atoms with Gasteiger partial charge >= 0.3 is 12.1 Å². The molecular weight excluding hydrogens is 495 g/mol. The number of carboxylic acids is 1. The molecule has 0 radical (unpaired) electrons. The highest BCUT2D eigenvalue weighted by Crippen LogP contribution is 2.31. The third-order valence-corrected chi connectivity index (χ3v) is 5.17. The van der Waals surface area contributed by atoms with Crippen LogP contribution in [0.3, 0.4) is 0 Å². The molecule has 9 nitrogen and oxygen atoms in total. The van der Waals surface area contributed by atoms with Crippen LogP contribution in [0.1, 0.15) is 46.9 Å². The van der Waals surface area contributed by atoms with E-state index in [1.165, 1.54) is 25.4 Å². The smallest absolute Gasteiger partial charge is 0.481 e. The number of hydrogen-bond acceptors (Lipinski definition) is 6. The van der Waals surface area contributed by atoms with Gasteiger partial charge in [0.05, 0.1) is 18.5 Å². The van der Waals surface area contributed by atoms with Crippen molar-refractivity contribution >= 4 is 23.2 Å². The van der Waals surface area contributed by atoms with E-state index < -0.39 is 24.5 Å². The Balaban J connectivity index is 0.000000454. The predicted octanol–water partition coefficient (Wildman–Crippen LogP) is 4.46. The Morgan fingerprint density at radius 2 is 1.86 bits per heavy atom. The maximum Gasteiger partial charge on any atom is 0.490 e. The fourth-order valence-corrected chi connectivity index (χ4v) is 3.38. The van der Waals surface area contributed by atoms with Gasteiger partial charge < -0.3 is 24.3 Å². The Hall–Kier alpha value is -3.81. The van der Waals surface area contributed by atoms with E-state index in [2.05, 4.69) is 15.3 Å². The molecule has 1 aliphatic heterocycles. The van der Waals surface area contributed by atoms with Gasteiger partial charge in [-0.2, -0.15) is 13.2 Å². The van der Waals surface area contributed by atoms with Crippen molar-refractivity contribution in [1.29, 1.82) is 0 Å². The number of anilines is 1. The number of nitrogens with one attached hydrogen (secondary N) is 1. The number of halogens is 5. The van der Waals surface area contributed by atoms with Crippen LogP contribution in [-0.4, -0.2) is 57.9 Å². The average molecular weight is 516 g/mol. The van der Waals surface area contributed by atoms with Gasteiger partial charge in [-0.15, -0.1) is 0 Å². The normalized spacial score (nSPS) is 14.3. The molecule has 4 heterocycles. The summed E-state index contributed by atoms with van der Waals surface area (Å²) >= 11 is 0. The maximum absolute atomic E-state index is 13.6. The van der Waals surface area contributed by atoms with Crippen molar-refractivity contribution in [1.82, 2.24) is 14.4 Å². The number of aliphatic carboxylic acids is 1. The lowest BCUT2D eigenvalue weighted by Crippen LogP contribution is -2.21. The second-order valence-corrected chi connectivity index (χ2v) is 7.58. The molecule has 14 heteroatoms. The number of methoxy groups -OCH3 is 1. The summed E-state index contributed by atoms with van der Waals surface area (Å²) in [5.41, 5.74) is 1.04. The van der Waals surface area contributed by atoms with E-state index in [-0.39, 0.29) is 28.7 Å². The van der Waals surface area contributed by atoms with E-state index in [1.807, 2.05) is 6.20 Å². The third kappa shape index (κ3) is 6.65. The van der Waals surface area contributed by atoms with Crippen LogP contribution < -0.4 is 10.1 Å². The molecule has 0 atom stereocenters. The molecule has 0 aliphatic carbocycles. The van der Waals surface area contributed by atoms with Crippen molar-refractivity contribution in [3.8, 4) is 5.88 Å². The fraction of sp³-hybridized carbons (Fsp3) is 0.364. The summed E-state index contributed by atoms with van der Waals surface area (Å²) in [6, 6.07) is 5.99. The molecule has 1 amide bonds. The molecule has 4 rings (SSSR count). The van der Waals surface area contributed by atoms with Crippen LogP contribution >= 0.6 is 0 Å². The number of nitrogens with zero attached hydrogens (tertiary/aromatic N) is 3. The first-order valence-corrected chi connectivity index (χ1v) is 10.5. The van der Waals surface area contributed by atoms with Crippen molar-refractivity contribution in [3.63, 3.8) is 0 Å². The van der Waals surface area contributed by atoms with Crippen molar-refractivity contribution in [2.45, 2.75) is 31.4 Å². The SMILES string of the molecule is COc1cccc(C(=O)Nc2cn3cc(C4CCOCC4)nc3cc2C(F)F)n1.O=C(O)C(F)(F)F. The molecule has 2 N–H and O–H groups in total. The zero-order valence-corrected chi connectivity index (χ0v) is 18.8. The second-order valence-electron chi connectivity index (χ2n) is 7.58. The highest BCUT2D eigenvalue weighted by molar-refractivity contribution is 6.03. The number of carbonyl (C=O) groups excluding carboxylic acids is 1. The number of aromatic nitrogens is 3. The van der Waals surface area contributed by atoms with Crippen molar-refractivity contribution in [2.24, 2.45) is 0 Å². The Labute approximate surface area is 200 Å². The number of amides is 1. The summed E-state index contributed by atoms with van der Waals surface area (Å²) in [6.45, 7) is 1.32. The Morgan fingerprint density at radius 1 is 1.19 bits per heavy atom. The van der Waals surface area contributed by atoms with E-state index in [0.29, 0.717) is 18.9 Å². The van der Waals surface area contributed by atoms with E-state index in [4.69, 9.17) is 19.4 Å².